The van der Waals surface area contributed by atoms with Crippen LogP contribution in [0.2, 0.25) is 5.02 Å². The smallest absolute Gasteiger partial charge is 0.263 e. The number of ether oxygens (including phenoxy) is 1. The lowest BCUT2D eigenvalue weighted by molar-refractivity contribution is 0.0955. The monoisotopic (exact) mass is 337 g/mol. The van der Waals surface area contributed by atoms with Gasteiger partial charge in [0.2, 0.25) is 0 Å². The van der Waals surface area contributed by atoms with Crippen molar-refractivity contribution in [3.05, 3.63) is 50.5 Å². The van der Waals surface area contributed by atoms with Gasteiger partial charge in [0.25, 0.3) is 5.91 Å². The highest BCUT2D eigenvalue weighted by Crippen LogP contribution is 2.37. The van der Waals surface area contributed by atoms with Crippen molar-refractivity contribution in [1.29, 1.82) is 0 Å². The molecule has 0 bridgehead atoms. The Morgan fingerprint density at radius 2 is 2.24 bits per heavy atom. The van der Waals surface area contributed by atoms with Crippen LogP contribution in [-0.2, 0) is 6.54 Å². The van der Waals surface area contributed by atoms with Crippen molar-refractivity contribution in [1.82, 2.24) is 5.32 Å². The topological polar surface area (TPSA) is 38.3 Å². The lowest BCUT2D eigenvalue weighted by atomic mass is 10.2. The highest BCUT2D eigenvalue weighted by Gasteiger charge is 2.17. The minimum atomic E-state index is -0.145. The molecule has 2 aromatic heterocycles. The van der Waals surface area contributed by atoms with Gasteiger partial charge >= 0.3 is 0 Å². The van der Waals surface area contributed by atoms with E-state index in [1.165, 1.54) is 11.3 Å². The molecule has 0 fully saturated rings. The van der Waals surface area contributed by atoms with Crippen molar-refractivity contribution in [2.45, 2.75) is 6.54 Å². The van der Waals surface area contributed by atoms with Crippen molar-refractivity contribution in [3.63, 3.8) is 0 Å². The molecular weight excluding hydrogens is 326 g/mol. The number of fused-ring (bicyclic) bond motifs is 1. The Balaban J connectivity index is 1.85. The number of nitrogens with one attached hydrogen (secondary N) is 1. The van der Waals surface area contributed by atoms with Crippen LogP contribution >= 0.6 is 34.3 Å². The second-order valence-corrected chi connectivity index (χ2v) is 6.83. The number of halogens is 1. The first-order valence-corrected chi connectivity index (χ1v) is 8.33. The fraction of sp³-hybridized carbons (Fsp3) is 0.133. The Hall–Kier alpha value is -1.56. The van der Waals surface area contributed by atoms with Crippen molar-refractivity contribution in [2.75, 3.05) is 7.11 Å². The van der Waals surface area contributed by atoms with Gasteiger partial charge in [-0.15, -0.1) is 22.7 Å². The lowest BCUT2D eigenvalue weighted by Gasteiger charge is -2.01. The predicted molar refractivity (Wildman–Crippen MR) is 88.9 cm³/mol. The van der Waals surface area contributed by atoms with E-state index >= 15 is 0 Å². The Kier molecular flexibility index (Phi) is 4.14. The molecule has 1 N–H and O–H groups in total. The fourth-order valence-corrected chi connectivity index (χ4v) is 4.09. The van der Waals surface area contributed by atoms with E-state index in [2.05, 4.69) is 5.32 Å². The van der Waals surface area contributed by atoms with Crippen LogP contribution in [0, 0.1) is 0 Å². The normalized spacial score (nSPS) is 10.8. The van der Waals surface area contributed by atoms with Gasteiger partial charge in [-0.25, -0.2) is 0 Å². The maximum atomic E-state index is 12.3. The number of carbonyl (C=O) groups excluding carboxylic acids is 1. The maximum Gasteiger partial charge on any atom is 0.263 e. The van der Waals surface area contributed by atoms with Crippen molar-refractivity contribution >= 4 is 50.3 Å². The summed E-state index contributed by atoms with van der Waals surface area (Å²) in [5.74, 6) is 0.611. The van der Waals surface area contributed by atoms with Crippen LogP contribution < -0.4 is 10.1 Å². The van der Waals surface area contributed by atoms with E-state index in [4.69, 9.17) is 16.3 Å². The largest absolute Gasteiger partial charge is 0.497 e. The maximum absolute atomic E-state index is 12.3. The molecule has 3 nitrogen and oxygen atoms in total. The summed E-state index contributed by atoms with van der Waals surface area (Å²) in [6, 6.07) is 9.56. The quantitative estimate of drug-likeness (QED) is 0.758. The first-order chi connectivity index (χ1) is 10.2. The number of thiophene rings is 2. The molecule has 0 aliphatic carbocycles. The van der Waals surface area contributed by atoms with Crippen LogP contribution in [0.5, 0.6) is 5.75 Å². The van der Waals surface area contributed by atoms with Gasteiger partial charge in [0.15, 0.2) is 0 Å². The van der Waals surface area contributed by atoms with Gasteiger partial charge in [-0.3, -0.25) is 4.79 Å². The summed E-state index contributed by atoms with van der Waals surface area (Å²) in [4.78, 5) is 13.9. The second-order valence-electron chi connectivity index (χ2n) is 4.37. The Bertz CT molecular complexity index is 780. The highest BCUT2D eigenvalue weighted by atomic mass is 35.5. The van der Waals surface area contributed by atoms with E-state index in [-0.39, 0.29) is 5.91 Å². The van der Waals surface area contributed by atoms with Gasteiger partial charge in [0.05, 0.1) is 18.7 Å². The number of methoxy groups -OCH3 is 1. The molecule has 0 atom stereocenters. The lowest BCUT2D eigenvalue weighted by Crippen LogP contribution is -2.21. The number of hydrogen-bond acceptors (Lipinski definition) is 4. The van der Waals surface area contributed by atoms with E-state index < -0.39 is 0 Å². The predicted octanol–water partition coefficient (Wildman–Crippen LogP) is 4.55. The molecule has 0 saturated carbocycles. The van der Waals surface area contributed by atoms with Gasteiger partial charge < -0.3 is 10.1 Å². The SMILES string of the molecule is COc1ccc2c(Cl)c(C(=O)NCc3cccs3)sc2c1. The third-order valence-electron chi connectivity index (χ3n) is 3.05. The number of benzene rings is 1. The Labute approximate surface area is 135 Å². The molecule has 0 saturated heterocycles. The molecule has 3 rings (SSSR count). The number of hydrogen-bond donors (Lipinski definition) is 1. The van der Waals surface area contributed by atoms with Gasteiger partial charge in [-0.05, 0) is 29.6 Å². The van der Waals surface area contributed by atoms with E-state index in [0.717, 1.165) is 20.7 Å². The summed E-state index contributed by atoms with van der Waals surface area (Å²) in [6.07, 6.45) is 0. The zero-order valence-corrected chi connectivity index (χ0v) is 13.6. The Morgan fingerprint density at radius 1 is 1.38 bits per heavy atom. The van der Waals surface area contributed by atoms with Gasteiger partial charge in [-0.2, -0.15) is 0 Å². The third-order valence-corrected chi connectivity index (χ3v) is 5.58. The molecule has 1 amide bonds. The minimum Gasteiger partial charge on any atom is -0.497 e. The highest BCUT2D eigenvalue weighted by molar-refractivity contribution is 7.21. The second kappa shape index (κ2) is 6.05. The summed E-state index contributed by atoms with van der Waals surface area (Å²) in [5.41, 5.74) is 0. The molecule has 1 aromatic carbocycles. The molecule has 0 aliphatic rings. The zero-order valence-electron chi connectivity index (χ0n) is 11.2. The van der Waals surface area contributed by atoms with Crippen LogP contribution in [0.25, 0.3) is 10.1 Å². The summed E-state index contributed by atoms with van der Waals surface area (Å²) in [7, 11) is 1.62. The first-order valence-electron chi connectivity index (χ1n) is 6.25. The average molecular weight is 338 g/mol. The number of carbonyl (C=O) groups is 1. The number of rotatable bonds is 4. The fourth-order valence-electron chi connectivity index (χ4n) is 1.98. The molecule has 3 aromatic rings. The third kappa shape index (κ3) is 2.90. The van der Waals surface area contributed by atoms with Crippen LogP contribution in [0.15, 0.2) is 35.7 Å². The minimum absolute atomic E-state index is 0.145. The zero-order chi connectivity index (χ0) is 14.8. The Morgan fingerprint density at radius 3 is 2.95 bits per heavy atom. The molecular formula is C15H12ClNO2S2. The van der Waals surface area contributed by atoms with Crippen LogP contribution in [0.1, 0.15) is 14.5 Å². The van der Waals surface area contributed by atoms with Crippen molar-refractivity contribution in [3.8, 4) is 5.75 Å². The molecule has 108 valence electrons. The molecule has 0 aliphatic heterocycles. The van der Waals surface area contributed by atoms with Crippen molar-refractivity contribution < 1.29 is 9.53 Å². The molecule has 6 heteroatoms. The van der Waals surface area contributed by atoms with Gasteiger partial charge in [0.1, 0.15) is 10.6 Å². The summed E-state index contributed by atoms with van der Waals surface area (Å²) in [5, 5.41) is 6.26. The van der Waals surface area contributed by atoms with Crippen molar-refractivity contribution in [2.24, 2.45) is 0 Å². The van der Waals surface area contributed by atoms with E-state index in [1.54, 1.807) is 18.4 Å². The molecule has 2 heterocycles. The summed E-state index contributed by atoms with van der Waals surface area (Å²) >= 11 is 9.31. The van der Waals surface area contributed by atoms with Crippen LogP contribution in [-0.4, -0.2) is 13.0 Å². The standard InChI is InChI=1S/C15H12ClNO2S2/c1-19-9-4-5-11-12(7-9)21-14(13(11)16)15(18)17-8-10-3-2-6-20-10/h2-7H,8H2,1H3,(H,17,18). The number of amides is 1. The van der Waals surface area contributed by atoms with Crippen LogP contribution in [0.4, 0.5) is 0 Å². The first kappa shape index (κ1) is 14.4. The van der Waals surface area contributed by atoms with E-state index in [9.17, 15) is 4.79 Å². The van der Waals surface area contributed by atoms with Gasteiger partial charge in [0, 0.05) is 15.0 Å². The summed E-state index contributed by atoms with van der Waals surface area (Å²) < 4.78 is 6.14. The van der Waals surface area contributed by atoms with E-state index in [1.807, 2.05) is 35.7 Å². The molecule has 21 heavy (non-hydrogen) atoms. The van der Waals surface area contributed by atoms with Gasteiger partial charge in [-0.1, -0.05) is 17.7 Å². The average Bonchev–Trinajstić information content (AvgIpc) is 3.12. The van der Waals surface area contributed by atoms with Crippen LogP contribution in [0.3, 0.4) is 0 Å². The molecule has 0 spiro atoms. The summed E-state index contributed by atoms with van der Waals surface area (Å²) in [6.45, 7) is 0.518. The molecule has 0 unspecified atom stereocenters. The molecule has 0 radical (unpaired) electrons. The van der Waals surface area contributed by atoms with E-state index in [0.29, 0.717) is 16.4 Å².